The van der Waals surface area contributed by atoms with Crippen LogP contribution in [0.2, 0.25) is 6.04 Å². The second-order valence-corrected chi connectivity index (χ2v) is 8.37. The predicted molar refractivity (Wildman–Crippen MR) is 82.2 cm³/mol. The van der Waals surface area contributed by atoms with E-state index in [0.29, 0.717) is 0 Å². The van der Waals surface area contributed by atoms with Crippen LogP contribution in [0.1, 0.15) is 40.0 Å². The molecule has 0 aliphatic rings. The molecule has 0 rings (SSSR count). The maximum atomic E-state index is 5.55. The van der Waals surface area contributed by atoms with E-state index in [0.717, 1.165) is 12.6 Å². The van der Waals surface area contributed by atoms with Crippen molar-refractivity contribution in [3.05, 3.63) is 0 Å². The van der Waals surface area contributed by atoms with Gasteiger partial charge in [-0.1, -0.05) is 20.8 Å². The van der Waals surface area contributed by atoms with Crippen molar-refractivity contribution in [3.8, 4) is 0 Å². The zero-order chi connectivity index (χ0) is 14.8. The summed E-state index contributed by atoms with van der Waals surface area (Å²) in [6.45, 7) is 11.6. The van der Waals surface area contributed by atoms with Crippen molar-refractivity contribution >= 4 is 8.80 Å². The molecule has 0 fully saturated rings. The van der Waals surface area contributed by atoms with Gasteiger partial charge in [0.2, 0.25) is 0 Å². The van der Waals surface area contributed by atoms with E-state index in [-0.39, 0.29) is 17.0 Å². The first-order valence-electron chi connectivity index (χ1n) is 7.58. The van der Waals surface area contributed by atoms with Gasteiger partial charge in [-0.25, -0.2) is 0 Å². The Morgan fingerprint density at radius 1 is 0.700 bits per heavy atom. The number of hydrogen-bond acceptors (Lipinski definition) is 3. The molecule has 0 aliphatic heterocycles. The quantitative estimate of drug-likeness (QED) is 0.354. The van der Waals surface area contributed by atoms with Gasteiger partial charge >= 0.3 is 8.80 Å². The minimum Gasteiger partial charge on any atom is -1.00 e. The lowest BCUT2D eigenvalue weighted by atomic mass is 10.2. The first kappa shape index (κ1) is 22.8. The monoisotopic (exact) mass is 371 g/mol. The largest absolute Gasteiger partial charge is 1.00 e. The Hall–Kier alpha value is 0.537. The molecule has 0 heterocycles. The molecule has 20 heavy (non-hydrogen) atoms. The third-order valence-electron chi connectivity index (χ3n) is 3.92. The van der Waals surface area contributed by atoms with Gasteiger partial charge in [0.15, 0.2) is 0 Å². The van der Waals surface area contributed by atoms with Crippen LogP contribution < -0.4 is 17.0 Å². The molecule has 124 valence electrons. The fourth-order valence-corrected chi connectivity index (χ4v) is 4.88. The van der Waals surface area contributed by atoms with Crippen LogP contribution in [0.15, 0.2) is 0 Å². The smallest absolute Gasteiger partial charge is 0.505 e. The molecule has 0 aromatic carbocycles. The van der Waals surface area contributed by atoms with Gasteiger partial charge in [-0.3, -0.25) is 0 Å². The van der Waals surface area contributed by atoms with Crippen molar-refractivity contribution in [1.29, 1.82) is 0 Å². The summed E-state index contributed by atoms with van der Waals surface area (Å²) in [6.07, 6.45) is 3.67. The van der Waals surface area contributed by atoms with Crippen LogP contribution in [-0.4, -0.2) is 60.8 Å². The molecule has 0 atom stereocenters. The molecule has 6 heteroatoms. The van der Waals surface area contributed by atoms with Gasteiger partial charge in [0, 0.05) is 21.3 Å². The molecule has 0 amide bonds. The van der Waals surface area contributed by atoms with Crippen LogP contribution in [0.4, 0.5) is 0 Å². The molecule has 0 saturated carbocycles. The van der Waals surface area contributed by atoms with Crippen LogP contribution in [-0.2, 0) is 13.3 Å². The molecule has 4 nitrogen and oxygen atoms in total. The van der Waals surface area contributed by atoms with Crippen LogP contribution in [0.25, 0.3) is 0 Å². The molecular formula is C14H34BrNO3Si. The molecule has 0 N–H and O–H groups in total. The van der Waals surface area contributed by atoms with Crippen molar-refractivity contribution in [3.63, 3.8) is 0 Å². The normalized spacial score (nSPS) is 12.3. The Morgan fingerprint density at radius 2 is 1.05 bits per heavy atom. The van der Waals surface area contributed by atoms with Gasteiger partial charge in [0.1, 0.15) is 0 Å². The fraction of sp³-hybridized carbons (Fsp3) is 1.00. The summed E-state index contributed by atoms with van der Waals surface area (Å²) < 4.78 is 17.8. The van der Waals surface area contributed by atoms with E-state index >= 15 is 0 Å². The maximum Gasteiger partial charge on any atom is 0.505 e. The summed E-state index contributed by atoms with van der Waals surface area (Å²) >= 11 is 0. The zero-order valence-electron chi connectivity index (χ0n) is 14.2. The van der Waals surface area contributed by atoms with Crippen LogP contribution >= 0.6 is 0 Å². The van der Waals surface area contributed by atoms with E-state index in [1.807, 2.05) is 0 Å². The third-order valence-corrected chi connectivity index (χ3v) is 6.62. The summed E-state index contributed by atoms with van der Waals surface area (Å²) in [7, 11) is 2.68. The first-order valence-corrected chi connectivity index (χ1v) is 9.51. The molecule has 0 unspecified atom stereocenters. The lowest BCUT2D eigenvalue weighted by molar-refractivity contribution is -0.926. The van der Waals surface area contributed by atoms with Crippen LogP contribution in [0, 0.1) is 0 Å². The van der Waals surface area contributed by atoms with Crippen molar-refractivity contribution in [2.24, 2.45) is 0 Å². The molecule has 0 bridgehead atoms. The highest BCUT2D eigenvalue weighted by Crippen LogP contribution is 2.19. The van der Waals surface area contributed by atoms with E-state index in [1.54, 1.807) is 21.3 Å². The van der Waals surface area contributed by atoms with Crippen LogP contribution in [0.3, 0.4) is 0 Å². The molecule has 0 aliphatic carbocycles. The van der Waals surface area contributed by atoms with Gasteiger partial charge in [0.25, 0.3) is 0 Å². The van der Waals surface area contributed by atoms with Crippen molar-refractivity contribution in [2.75, 3.05) is 47.5 Å². The van der Waals surface area contributed by atoms with Gasteiger partial charge < -0.3 is 34.7 Å². The highest BCUT2D eigenvalue weighted by molar-refractivity contribution is 6.60. The Morgan fingerprint density at radius 3 is 1.30 bits per heavy atom. The number of nitrogens with zero attached hydrogens (tertiary/aromatic N) is 1. The number of quaternary nitrogens is 1. The summed E-state index contributed by atoms with van der Waals surface area (Å²) in [5, 5.41) is 0. The standard InChI is InChI=1S/C14H34NO3Si.BrH/c1-7-10-15(11-8-2,12-9-3)13-14-19(16-4,17-5)18-6;/h7-14H2,1-6H3;1H/q+1;/p-1. The highest BCUT2D eigenvalue weighted by atomic mass is 79.9. The van der Waals surface area contributed by atoms with E-state index in [9.17, 15) is 0 Å². The van der Waals surface area contributed by atoms with Gasteiger partial charge in [-0.05, 0) is 19.3 Å². The first-order chi connectivity index (χ1) is 9.07. The van der Waals surface area contributed by atoms with E-state index < -0.39 is 8.80 Å². The Balaban J connectivity index is 0. The van der Waals surface area contributed by atoms with Crippen molar-refractivity contribution in [1.82, 2.24) is 0 Å². The predicted octanol–water partition coefficient (Wildman–Crippen LogP) is -0.0847. The molecule has 0 aromatic heterocycles. The Kier molecular flexibility index (Phi) is 13.8. The van der Waals surface area contributed by atoms with Crippen molar-refractivity contribution < 1.29 is 34.7 Å². The minimum atomic E-state index is -2.43. The average Bonchev–Trinajstić information content (AvgIpc) is 2.42. The zero-order valence-corrected chi connectivity index (χ0v) is 16.8. The SMILES string of the molecule is CCC[N+](CCC)(CCC)CC[Si](OC)(OC)OC.[Br-]. The summed E-state index contributed by atoms with van der Waals surface area (Å²) in [6, 6.07) is 0.899. The highest BCUT2D eigenvalue weighted by Gasteiger charge is 2.41. The van der Waals surface area contributed by atoms with Crippen LogP contribution in [0.5, 0.6) is 0 Å². The Bertz CT molecular complexity index is 203. The number of halogens is 1. The molecular weight excluding hydrogens is 338 g/mol. The lowest BCUT2D eigenvalue weighted by Crippen LogP contribution is -3.00. The van der Waals surface area contributed by atoms with E-state index in [2.05, 4.69) is 20.8 Å². The molecule has 0 spiro atoms. The van der Waals surface area contributed by atoms with Gasteiger partial charge in [-0.15, -0.1) is 0 Å². The van der Waals surface area contributed by atoms with Gasteiger partial charge in [0.05, 0.1) is 32.2 Å². The van der Waals surface area contributed by atoms with Gasteiger partial charge in [-0.2, -0.15) is 0 Å². The Labute approximate surface area is 137 Å². The third kappa shape index (κ3) is 7.00. The molecule has 0 radical (unpaired) electrons. The lowest BCUT2D eigenvalue weighted by Gasteiger charge is -2.40. The molecule has 0 aromatic rings. The minimum absolute atomic E-state index is 0. The maximum absolute atomic E-state index is 5.55. The number of hydrogen-bond donors (Lipinski definition) is 0. The number of rotatable bonds is 12. The van der Waals surface area contributed by atoms with Crippen molar-refractivity contribution in [2.45, 2.75) is 46.1 Å². The summed E-state index contributed by atoms with van der Waals surface area (Å²) in [5.41, 5.74) is 0. The second kappa shape index (κ2) is 12.1. The average molecular weight is 372 g/mol. The topological polar surface area (TPSA) is 27.7 Å². The summed E-state index contributed by atoms with van der Waals surface area (Å²) in [5.74, 6) is 0. The summed E-state index contributed by atoms with van der Waals surface area (Å²) in [4.78, 5) is 0. The van der Waals surface area contributed by atoms with E-state index in [1.165, 1.54) is 43.4 Å². The second-order valence-electron chi connectivity index (χ2n) is 5.28. The van der Waals surface area contributed by atoms with E-state index in [4.69, 9.17) is 13.3 Å². The fourth-order valence-electron chi connectivity index (χ4n) is 3.02. The molecule has 0 saturated heterocycles.